The minimum Gasteiger partial charge on any atom is -0.383 e. The highest BCUT2D eigenvalue weighted by molar-refractivity contribution is 5.93. The first kappa shape index (κ1) is 11.5. The standard InChI is InChI=1S/C13H13N5O/c1-17-7-15-10-5-8(3-4-11(10)17)12-9(6-19)13(14)18(2)16-12/h3-7H,14H2,1-2H3. The molecule has 2 N–H and O–H groups in total. The lowest BCUT2D eigenvalue weighted by Crippen LogP contribution is -1.98. The summed E-state index contributed by atoms with van der Waals surface area (Å²) in [5.74, 6) is 0.367. The van der Waals surface area contributed by atoms with Gasteiger partial charge < -0.3 is 10.3 Å². The van der Waals surface area contributed by atoms with E-state index >= 15 is 0 Å². The molecule has 0 aliphatic rings. The number of imidazole rings is 1. The molecule has 0 atom stereocenters. The van der Waals surface area contributed by atoms with E-state index in [1.165, 1.54) is 4.68 Å². The molecule has 0 radical (unpaired) electrons. The average Bonchev–Trinajstić information content (AvgIpc) is 2.92. The van der Waals surface area contributed by atoms with Gasteiger partial charge in [-0.1, -0.05) is 6.07 Å². The van der Waals surface area contributed by atoms with Crippen molar-refractivity contribution in [2.24, 2.45) is 14.1 Å². The summed E-state index contributed by atoms with van der Waals surface area (Å²) in [4.78, 5) is 15.4. The van der Waals surface area contributed by atoms with Crippen LogP contribution in [0, 0.1) is 0 Å². The zero-order chi connectivity index (χ0) is 13.6. The summed E-state index contributed by atoms with van der Waals surface area (Å²) >= 11 is 0. The van der Waals surface area contributed by atoms with Gasteiger partial charge in [0.25, 0.3) is 0 Å². The van der Waals surface area contributed by atoms with E-state index in [-0.39, 0.29) is 0 Å². The van der Waals surface area contributed by atoms with Crippen LogP contribution in [-0.2, 0) is 14.1 Å². The number of carbonyl (C=O) groups excluding carboxylic acids is 1. The average molecular weight is 255 g/mol. The lowest BCUT2D eigenvalue weighted by molar-refractivity contribution is 0.112. The molecular weight excluding hydrogens is 242 g/mol. The van der Waals surface area contributed by atoms with Gasteiger partial charge >= 0.3 is 0 Å². The summed E-state index contributed by atoms with van der Waals surface area (Å²) in [7, 11) is 3.65. The number of rotatable bonds is 2. The van der Waals surface area contributed by atoms with Crippen molar-refractivity contribution in [1.82, 2.24) is 19.3 Å². The van der Waals surface area contributed by atoms with Crippen LogP contribution in [0.25, 0.3) is 22.3 Å². The van der Waals surface area contributed by atoms with E-state index in [0.717, 1.165) is 22.9 Å². The minimum atomic E-state index is 0.367. The number of nitrogen functional groups attached to an aromatic ring is 1. The molecule has 0 unspecified atom stereocenters. The minimum absolute atomic E-state index is 0.367. The van der Waals surface area contributed by atoms with Gasteiger partial charge in [-0.05, 0) is 12.1 Å². The normalized spacial score (nSPS) is 11.1. The number of fused-ring (bicyclic) bond motifs is 1. The first-order valence-corrected chi connectivity index (χ1v) is 5.81. The van der Waals surface area contributed by atoms with Crippen molar-refractivity contribution >= 4 is 23.1 Å². The number of hydrogen-bond acceptors (Lipinski definition) is 4. The molecule has 3 rings (SSSR count). The van der Waals surface area contributed by atoms with Crippen molar-refractivity contribution in [3.05, 3.63) is 30.1 Å². The Kier molecular flexibility index (Phi) is 2.38. The summed E-state index contributed by atoms with van der Waals surface area (Å²) in [5.41, 5.74) is 9.54. The predicted octanol–water partition coefficient (Wildman–Crippen LogP) is 1.37. The van der Waals surface area contributed by atoms with E-state index in [4.69, 9.17) is 5.73 Å². The highest BCUT2D eigenvalue weighted by Crippen LogP contribution is 2.27. The van der Waals surface area contributed by atoms with E-state index in [0.29, 0.717) is 17.1 Å². The van der Waals surface area contributed by atoms with Crippen LogP contribution in [0.2, 0.25) is 0 Å². The van der Waals surface area contributed by atoms with Crippen LogP contribution in [0.5, 0.6) is 0 Å². The summed E-state index contributed by atoms with van der Waals surface area (Å²) in [6, 6.07) is 5.78. The smallest absolute Gasteiger partial charge is 0.156 e. The van der Waals surface area contributed by atoms with Crippen molar-refractivity contribution in [1.29, 1.82) is 0 Å². The molecule has 19 heavy (non-hydrogen) atoms. The van der Waals surface area contributed by atoms with E-state index < -0.39 is 0 Å². The SMILES string of the molecule is Cn1nc(-c2ccc3c(c2)ncn3C)c(C=O)c1N. The Morgan fingerprint density at radius 3 is 2.84 bits per heavy atom. The molecule has 3 aromatic rings. The fourth-order valence-electron chi connectivity index (χ4n) is 2.17. The third-order valence-electron chi connectivity index (χ3n) is 3.25. The number of aldehydes is 1. The van der Waals surface area contributed by atoms with Gasteiger partial charge in [0.1, 0.15) is 11.5 Å². The summed E-state index contributed by atoms with van der Waals surface area (Å²) < 4.78 is 3.44. The van der Waals surface area contributed by atoms with Crippen LogP contribution in [0.3, 0.4) is 0 Å². The van der Waals surface area contributed by atoms with Crippen LogP contribution in [0.1, 0.15) is 10.4 Å². The predicted molar refractivity (Wildman–Crippen MR) is 72.7 cm³/mol. The maximum absolute atomic E-state index is 11.1. The van der Waals surface area contributed by atoms with E-state index in [1.807, 2.05) is 29.8 Å². The molecule has 2 aromatic heterocycles. The second-order valence-electron chi connectivity index (χ2n) is 4.45. The molecule has 0 saturated heterocycles. The Hall–Kier alpha value is -2.63. The van der Waals surface area contributed by atoms with Gasteiger partial charge in [0.15, 0.2) is 6.29 Å². The second-order valence-corrected chi connectivity index (χ2v) is 4.45. The van der Waals surface area contributed by atoms with Gasteiger partial charge in [-0.2, -0.15) is 5.10 Å². The Balaban J connectivity index is 2.24. The molecule has 0 spiro atoms. The molecular formula is C13H13N5O. The van der Waals surface area contributed by atoms with Gasteiger partial charge in [0, 0.05) is 19.7 Å². The molecule has 0 bridgehead atoms. The number of benzene rings is 1. The van der Waals surface area contributed by atoms with E-state index in [2.05, 4.69) is 10.1 Å². The maximum atomic E-state index is 11.1. The maximum Gasteiger partial charge on any atom is 0.156 e. The number of hydrogen-bond donors (Lipinski definition) is 1. The summed E-state index contributed by atoms with van der Waals surface area (Å²) in [5, 5.41) is 4.29. The lowest BCUT2D eigenvalue weighted by atomic mass is 10.1. The molecule has 6 nitrogen and oxygen atoms in total. The molecule has 96 valence electrons. The molecule has 2 heterocycles. The van der Waals surface area contributed by atoms with Crippen molar-refractivity contribution in [3.8, 4) is 11.3 Å². The fraction of sp³-hybridized carbons (Fsp3) is 0.154. The Morgan fingerprint density at radius 1 is 1.32 bits per heavy atom. The monoisotopic (exact) mass is 255 g/mol. The number of nitrogens with zero attached hydrogens (tertiary/aromatic N) is 4. The third kappa shape index (κ3) is 1.61. The largest absolute Gasteiger partial charge is 0.383 e. The molecule has 0 amide bonds. The number of nitrogens with two attached hydrogens (primary N) is 1. The highest BCUT2D eigenvalue weighted by atomic mass is 16.1. The zero-order valence-electron chi connectivity index (χ0n) is 10.7. The lowest BCUT2D eigenvalue weighted by Gasteiger charge is -1.99. The summed E-state index contributed by atoms with van der Waals surface area (Å²) in [6.07, 6.45) is 2.49. The topological polar surface area (TPSA) is 78.7 Å². The first-order valence-electron chi connectivity index (χ1n) is 5.81. The third-order valence-corrected chi connectivity index (χ3v) is 3.25. The molecule has 6 heteroatoms. The molecule has 0 fully saturated rings. The van der Waals surface area contributed by atoms with Crippen LogP contribution < -0.4 is 5.73 Å². The van der Waals surface area contributed by atoms with Crippen LogP contribution in [0.4, 0.5) is 5.82 Å². The Labute approximate surface area is 109 Å². The fourth-order valence-corrected chi connectivity index (χ4v) is 2.17. The summed E-state index contributed by atoms with van der Waals surface area (Å²) in [6.45, 7) is 0. The zero-order valence-corrected chi connectivity index (χ0v) is 10.7. The number of anilines is 1. The number of carbonyl (C=O) groups is 1. The van der Waals surface area contributed by atoms with Crippen molar-refractivity contribution in [2.75, 3.05) is 5.73 Å². The molecule has 0 aliphatic heterocycles. The highest BCUT2D eigenvalue weighted by Gasteiger charge is 2.15. The molecule has 0 aliphatic carbocycles. The molecule has 0 saturated carbocycles. The van der Waals surface area contributed by atoms with Crippen molar-refractivity contribution in [3.63, 3.8) is 0 Å². The number of aryl methyl sites for hydroxylation is 2. The van der Waals surface area contributed by atoms with Gasteiger partial charge in [-0.25, -0.2) is 4.98 Å². The van der Waals surface area contributed by atoms with Crippen LogP contribution in [0.15, 0.2) is 24.5 Å². The Morgan fingerprint density at radius 2 is 2.11 bits per heavy atom. The van der Waals surface area contributed by atoms with Gasteiger partial charge in [0.2, 0.25) is 0 Å². The van der Waals surface area contributed by atoms with Crippen LogP contribution >= 0.6 is 0 Å². The van der Waals surface area contributed by atoms with E-state index in [9.17, 15) is 4.79 Å². The second kappa shape index (κ2) is 3.94. The van der Waals surface area contributed by atoms with Gasteiger partial charge in [-0.3, -0.25) is 9.48 Å². The first-order chi connectivity index (χ1) is 9.11. The van der Waals surface area contributed by atoms with E-state index in [1.54, 1.807) is 13.4 Å². The quantitative estimate of drug-likeness (QED) is 0.701. The Bertz CT molecular complexity index is 784. The van der Waals surface area contributed by atoms with Crippen molar-refractivity contribution < 1.29 is 4.79 Å². The van der Waals surface area contributed by atoms with Crippen LogP contribution in [-0.4, -0.2) is 25.6 Å². The van der Waals surface area contributed by atoms with Crippen molar-refractivity contribution in [2.45, 2.75) is 0 Å². The number of aromatic nitrogens is 4. The van der Waals surface area contributed by atoms with Gasteiger partial charge in [-0.15, -0.1) is 0 Å². The molecule has 1 aromatic carbocycles. The van der Waals surface area contributed by atoms with Gasteiger partial charge in [0.05, 0.1) is 22.9 Å².